The summed E-state index contributed by atoms with van der Waals surface area (Å²) >= 11 is 0. The fraction of sp³-hybridized carbons (Fsp3) is 0.517. The molecule has 2 aromatic carbocycles. The minimum atomic E-state index is -0.887. The molecule has 212 valence electrons. The minimum Gasteiger partial charge on any atom is -0.461 e. The smallest absolute Gasteiger partial charge is 0.319 e. The van der Waals surface area contributed by atoms with Gasteiger partial charge in [0.25, 0.3) is 0 Å². The lowest BCUT2D eigenvalue weighted by atomic mass is 9.95. The van der Waals surface area contributed by atoms with Crippen molar-refractivity contribution in [2.24, 2.45) is 5.84 Å². The van der Waals surface area contributed by atoms with Crippen LogP contribution in [0.4, 0.5) is 24.7 Å². The van der Waals surface area contributed by atoms with E-state index >= 15 is 8.78 Å². The summed E-state index contributed by atoms with van der Waals surface area (Å²) in [5.74, 6) is 5.02. The van der Waals surface area contributed by atoms with Crippen molar-refractivity contribution in [3.8, 4) is 17.1 Å². The van der Waals surface area contributed by atoms with Gasteiger partial charge in [0.15, 0.2) is 5.82 Å². The normalized spacial score (nSPS) is 27.9. The van der Waals surface area contributed by atoms with E-state index in [1.807, 2.05) is 6.07 Å². The van der Waals surface area contributed by atoms with E-state index in [2.05, 4.69) is 25.5 Å². The van der Waals surface area contributed by atoms with E-state index in [4.69, 9.17) is 15.6 Å². The molecule has 0 aliphatic carbocycles. The summed E-state index contributed by atoms with van der Waals surface area (Å²) < 4.78 is 52.2. The molecule has 1 aromatic heterocycles. The highest BCUT2D eigenvalue weighted by molar-refractivity contribution is 5.96. The van der Waals surface area contributed by atoms with E-state index in [0.717, 1.165) is 45.3 Å². The number of alkyl halides is 1. The zero-order valence-corrected chi connectivity index (χ0v) is 22.5. The number of aromatic nitrogens is 2. The zero-order chi connectivity index (χ0) is 27.6. The number of hydrogen-bond acceptors (Lipinski definition) is 8. The van der Waals surface area contributed by atoms with Crippen LogP contribution < -0.4 is 26.2 Å². The number of anilines is 2. The molecule has 7 rings (SSSR count). The predicted octanol–water partition coefficient (Wildman–Crippen LogP) is 4.06. The first-order valence-corrected chi connectivity index (χ1v) is 14.1. The molecule has 3 aromatic rings. The number of nitrogens with two attached hydrogens (primary N) is 1. The molecule has 4 aliphatic heterocycles. The standard InChI is InChI=1S/C29H34F3N7O/c1-16-10-20-26(25(32)23(16)24-21(31)4-2-5-22(24)37-33)35-28(36-27(20)38-13-18-6-7-19(14-38)34-18)40-15-29-8-3-9-39(29)12-17(30)11-29/h2,4-5,10,17-19,34,37H,3,6-9,11-15,33H2,1H3/t17-,18?,19?,29+/m1/s1. The molecule has 40 heavy (non-hydrogen) atoms. The number of piperazine rings is 1. The van der Waals surface area contributed by atoms with Gasteiger partial charge in [0.2, 0.25) is 0 Å². The van der Waals surface area contributed by atoms with Crippen LogP contribution in [0.1, 0.15) is 37.7 Å². The van der Waals surface area contributed by atoms with Gasteiger partial charge in [-0.1, -0.05) is 6.07 Å². The molecule has 0 amide bonds. The third kappa shape index (κ3) is 4.17. The van der Waals surface area contributed by atoms with Gasteiger partial charge in [0.05, 0.1) is 11.2 Å². The van der Waals surface area contributed by atoms with Crippen LogP contribution in [-0.4, -0.2) is 71.4 Å². The van der Waals surface area contributed by atoms with Crippen molar-refractivity contribution in [1.29, 1.82) is 0 Å². The summed E-state index contributed by atoms with van der Waals surface area (Å²) in [4.78, 5) is 13.7. The van der Waals surface area contributed by atoms with Crippen LogP contribution in [0, 0.1) is 18.6 Å². The van der Waals surface area contributed by atoms with Gasteiger partial charge in [-0.2, -0.15) is 9.97 Å². The second-order valence-corrected chi connectivity index (χ2v) is 11.8. The van der Waals surface area contributed by atoms with E-state index in [1.165, 1.54) is 12.1 Å². The number of halogens is 3. The van der Waals surface area contributed by atoms with E-state index in [-0.39, 0.29) is 34.9 Å². The molecule has 11 heteroatoms. The number of nitrogens with zero attached hydrogens (tertiary/aromatic N) is 4. The average Bonchev–Trinajstić information content (AvgIpc) is 3.58. The molecule has 2 unspecified atom stereocenters. The first-order chi connectivity index (χ1) is 19.3. The first-order valence-electron chi connectivity index (χ1n) is 14.1. The Balaban J connectivity index is 1.35. The second-order valence-electron chi connectivity index (χ2n) is 11.8. The molecule has 4 N–H and O–H groups in total. The van der Waals surface area contributed by atoms with Crippen molar-refractivity contribution in [2.75, 3.05) is 43.1 Å². The number of hydrazine groups is 1. The summed E-state index contributed by atoms with van der Waals surface area (Å²) in [6, 6.07) is 6.94. The van der Waals surface area contributed by atoms with Gasteiger partial charge in [0.1, 0.15) is 29.9 Å². The molecule has 2 bridgehead atoms. The Bertz CT molecular complexity index is 1460. The lowest BCUT2D eigenvalue weighted by Gasteiger charge is -2.35. The van der Waals surface area contributed by atoms with Crippen LogP contribution in [0.25, 0.3) is 22.0 Å². The zero-order valence-electron chi connectivity index (χ0n) is 22.5. The van der Waals surface area contributed by atoms with Gasteiger partial charge < -0.3 is 20.4 Å². The van der Waals surface area contributed by atoms with Gasteiger partial charge in [0, 0.05) is 54.7 Å². The summed E-state index contributed by atoms with van der Waals surface area (Å²) in [5, 5.41) is 4.18. The van der Waals surface area contributed by atoms with Gasteiger partial charge in [-0.3, -0.25) is 10.7 Å². The molecule has 0 spiro atoms. The molecular formula is C29H34F3N7O. The van der Waals surface area contributed by atoms with E-state index < -0.39 is 23.3 Å². The van der Waals surface area contributed by atoms with Crippen molar-refractivity contribution >= 4 is 22.4 Å². The van der Waals surface area contributed by atoms with E-state index in [0.29, 0.717) is 41.8 Å². The maximum absolute atomic E-state index is 16.5. The monoisotopic (exact) mass is 553 g/mol. The number of benzene rings is 2. The van der Waals surface area contributed by atoms with E-state index in [1.54, 1.807) is 13.0 Å². The third-order valence-corrected chi connectivity index (χ3v) is 9.25. The predicted molar refractivity (Wildman–Crippen MR) is 148 cm³/mol. The summed E-state index contributed by atoms with van der Waals surface area (Å²) in [7, 11) is 0. The van der Waals surface area contributed by atoms with Crippen molar-refractivity contribution in [3.05, 3.63) is 41.5 Å². The molecule has 4 fully saturated rings. The van der Waals surface area contributed by atoms with Crippen molar-refractivity contribution in [3.63, 3.8) is 0 Å². The van der Waals surface area contributed by atoms with Crippen LogP contribution in [-0.2, 0) is 0 Å². The third-order valence-electron chi connectivity index (χ3n) is 9.25. The first kappa shape index (κ1) is 25.8. The Morgan fingerprint density at radius 1 is 1.15 bits per heavy atom. The van der Waals surface area contributed by atoms with Crippen LogP contribution in [0.2, 0.25) is 0 Å². The summed E-state index contributed by atoms with van der Waals surface area (Å²) in [5.41, 5.74) is 3.11. The van der Waals surface area contributed by atoms with Gasteiger partial charge in [-0.05, 0) is 62.9 Å². The highest BCUT2D eigenvalue weighted by Crippen LogP contribution is 2.42. The second kappa shape index (κ2) is 9.74. The molecule has 4 aliphatic rings. The van der Waals surface area contributed by atoms with Gasteiger partial charge in [-0.15, -0.1) is 0 Å². The maximum Gasteiger partial charge on any atom is 0.319 e. The highest BCUT2D eigenvalue weighted by Gasteiger charge is 2.49. The number of ether oxygens (including phenoxy) is 1. The maximum atomic E-state index is 16.5. The van der Waals surface area contributed by atoms with Gasteiger partial charge >= 0.3 is 6.01 Å². The van der Waals surface area contributed by atoms with Crippen LogP contribution in [0.15, 0.2) is 24.3 Å². The largest absolute Gasteiger partial charge is 0.461 e. The number of hydrogen-bond donors (Lipinski definition) is 3. The Kier molecular flexibility index (Phi) is 6.28. The summed E-state index contributed by atoms with van der Waals surface area (Å²) in [6.07, 6.45) is 3.51. The van der Waals surface area contributed by atoms with Gasteiger partial charge in [-0.25, -0.2) is 13.2 Å². The number of nitrogens with one attached hydrogen (secondary N) is 2. The highest BCUT2D eigenvalue weighted by atomic mass is 19.1. The van der Waals surface area contributed by atoms with Crippen molar-refractivity contribution < 1.29 is 17.9 Å². The number of nitrogen functional groups attached to an aromatic ring is 1. The van der Waals surface area contributed by atoms with E-state index in [9.17, 15) is 4.39 Å². The lowest BCUT2D eigenvalue weighted by molar-refractivity contribution is 0.107. The van der Waals surface area contributed by atoms with Crippen LogP contribution in [0.5, 0.6) is 6.01 Å². The fourth-order valence-electron chi connectivity index (χ4n) is 7.45. The number of aryl methyl sites for hydroxylation is 1. The molecule has 4 atom stereocenters. The summed E-state index contributed by atoms with van der Waals surface area (Å²) in [6.45, 7) is 4.71. The Hall–Kier alpha value is -3.15. The quantitative estimate of drug-likeness (QED) is 0.311. The molecule has 5 heterocycles. The van der Waals surface area contributed by atoms with Crippen molar-refractivity contribution in [2.45, 2.75) is 62.8 Å². The Labute approximate surface area is 231 Å². The average molecular weight is 554 g/mol. The van der Waals surface area contributed by atoms with Crippen molar-refractivity contribution in [1.82, 2.24) is 20.2 Å². The number of fused-ring (bicyclic) bond motifs is 4. The lowest BCUT2D eigenvalue weighted by Crippen LogP contribution is -2.51. The molecule has 0 saturated carbocycles. The molecule has 8 nitrogen and oxygen atoms in total. The topological polar surface area (TPSA) is 91.6 Å². The molecule has 0 radical (unpaired) electrons. The Morgan fingerprint density at radius 2 is 1.95 bits per heavy atom. The van der Waals surface area contributed by atoms with Crippen LogP contribution >= 0.6 is 0 Å². The fourth-order valence-corrected chi connectivity index (χ4v) is 7.45. The Morgan fingerprint density at radius 3 is 2.73 bits per heavy atom. The number of rotatable bonds is 6. The minimum absolute atomic E-state index is 0.0465. The molecular weight excluding hydrogens is 519 g/mol. The molecule has 4 saturated heterocycles. The van der Waals surface area contributed by atoms with Crippen LogP contribution in [0.3, 0.4) is 0 Å². The SMILES string of the molecule is Cc1cc2c(N3CC4CCC(C3)N4)nc(OC[C@@]34CCCN3C[C@H](F)C4)nc2c(F)c1-c1c(F)cccc1NN.